The number of nitrogens with one attached hydrogen (secondary N) is 2. The molecule has 2 aromatic carbocycles. The number of rotatable bonds is 5. The molecule has 0 unspecified atom stereocenters. The number of nitrogens with two attached hydrogens (primary N) is 1. The standard InChI is InChI=1S/C20H17ClFN7O/c1-24-17-16-18(28-20(21)27-17)29(10-25-16)9-11-2-4-12(5-3-11)19(30)26-15-7-6-13(22)8-14(15)23/h2-8,10H,9,23H2,1H3,(H,26,30)(H,24,27,28). The maximum absolute atomic E-state index is 13.2. The summed E-state index contributed by atoms with van der Waals surface area (Å²) in [5.74, 6) is -0.253. The molecule has 152 valence electrons. The number of amides is 1. The van der Waals surface area contributed by atoms with Gasteiger partial charge in [0.25, 0.3) is 5.91 Å². The summed E-state index contributed by atoms with van der Waals surface area (Å²) in [5.41, 5.74) is 8.86. The molecule has 8 nitrogen and oxygen atoms in total. The molecule has 1 amide bonds. The molecule has 4 N–H and O–H groups in total. The molecule has 0 atom stereocenters. The van der Waals surface area contributed by atoms with Crippen molar-refractivity contribution in [2.75, 3.05) is 23.4 Å². The highest BCUT2D eigenvalue weighted by atomic mass is 35.5. The number of aromatic nitrogens is 4. The minimum Gasteiger partial charge on any atom is -0.397 e. The van der Waals surface area contributed by atoms with Crippen LogP contribution in [0.2, 0.25) is 5.28 Å². The lowest BCUT2D eigenvalue weighted by Gasteiger charge is -2.09. The van der Waals surface area contributed by atoms with Gasteiger partial charge in [-0.15, -0.1) is 0 Å². The van der Waals surface area contributed by atoms with Gasteiger partial charge in [-0.2, -0.15) is 9.97 Å². The second kappa shape index (κ2) is 7.96. The summed E-state index contributed by atoms with van der Waals surface area (Å²) in [6, 6.07) is 10.9. The van der Waals surface area contributed by atoms with Crippen molar-refractivity contribution < 1.29 is 9.18 Å². The summed E-state index contributed by atoms with van der Waals surface area (Å²) in [4.78, 5) is 25.2. The Morgan fingerprint density at radius 2 is 1.97 bits per heavy atom. The van der Waals surface area contributed by atoms with Gasteiger partial charge in [0, 0.05) is 12.6 Å². The monoisotopic (exact) mass is 425 g/mol. The summed E-state index contributed by atoms with van der Waals surface area (Å²) >= 11 is 6.00. The Bertz CT molecular complexity index is 1240. The van der Waals surface area contributed by atoms with Gasteiger partial charge in [-0.05, 0) is 47.5 Å². The Kier molecular flexibility index (Phi) is 5.20. The Hall–Kier alpha value is -3.72. The van der Waals surface area contributed by atoms with Crippen LogP contribution in [0.5, 0.6) is 0 Å². The average Bonchev–Trinajstić information content (AvgIpc) is 3.12. The molecule has 0 aliphatic carbocycles. The molecule has 0 spiro atoms. The maximum atomic E-state index is 13.2. The summed E-state index contributed by atoms with van der Waals surface area (Å²) in [5, 5.41) is 5.75. The molecule has 0 saturated heterocycles. The van der Waals surface area contributed by atoms with Gasteiger partial charge in [-0.3, -0.25) is 4.79 Å². The number of halogens is 2. The number of carbonyl (C=O) groups excluding carboxylic acids is 1. The van der Waals surface area contributed by atoms with Crippen molar-refractivity contribution in [3.05, 3.63) is 71.0 Å². The zero-order chi connectivity index (χ0) is 21.3. The first-order chi connectivity index (χ1) is 14.4. The SMILES string of the molecule is CNc1nc(Cl)nc2c1ncn2Cc1ccc(C(=O)Nc2ccc(F)cc2N)cc1. The van der Waals surface area contributed by atoms with Gasteiger partial charge < -0.3 is 20.9 Å². The third-order valence-electron chi connectivity index (χ3n) is 4.50. The van der Waals surface area contributed by atoms with E-state index in [1.54, 1.807) is 25.5 Å². The summed E-state index contributed by atoms with van der Waals surface area (Å²) in [6.07, 6.45) is 1.66. The van der Waals surface area contributed by atoms with Gasteiger partial charge in [0.15, 0.2) is 17.0 Å². The predicted octanol–water partition coefficient (Wildman–Crippen LogP) is 3.54. The molecule has 0 bridgehead atoms. The lowest BCUT2D eigenvalue weighted by atomic mass is 10.1. The molecule has 0 aliphatic rings. The van der Waals surface area contributed by atoms with Crippen molar-refractivity contribution in [1.29, 1.82) is 0 Å². The van der Waals surface area contributed by atoms with Crippen LogP contribution in [0.4, 0.5) is 21.6 Å². The van der Waals surface area contributed by atoms with Crippen molar-refractivity contribution in [1.82, 2.24) is 19.5 Å². The van der Waals surface area contributed by atoms with E-state index in [9.17, 15) is 9.18 Å². The molecule has 2 heterocycles. The molecule has 0 fully saturated rings. The Morgan fingerprint density at radius 1 is 1.20 bits per heavy atom. The number of imidazole rings is 1. The average molecular weight is 426 g/mol. The number of hydrogen-bond donors (Lipinski definition) is 3. The first kappa shape index (κ1) is 19.6. The van der Waals surface area contributed by atoms with Crippen LogP contribution in [-0.2, 0) is 6.54 Å². The molecule has 4 rings (SSSR count). The van der Waals surface area contributed by atoms with Crippen LogP contribution in [0.1, 0.15) is 15.9 Å². The number of anilines is 3. The van der Waals surface area contributed by atoms with Gasteiger partial charge in [-0.25, -0.2) is 9.37 Å². The molecule has 0 radical (unpaired) electrons. The predicted molar refractivity (Wildman–Crippen MR) is 114 cm³/mol. The number of fused-ring (bicyclic) bond motifs is 1. The number of hydrogen-bond acceptors (Lipinski definition) is 6. The largest absolute Gasteiger partial charge is 0.397 e. The highest BCUT2D eigenvalue weighted by Gasteiger charge is 2.13. The number of nitrogen functional groups attached to an aromatic ring is 1. The van der Waals surface area contributed by atoms with E-state index in [4.69, 9.17) is 17.3 Å². The van der Waals surface area contributed by atoms with Crippen molar-refractivity contribution in [3.63, 3.8) is 0 Å². The smallest absolute Gasteiger partial charge is 0.255 e. The van der Waals surface area contributed by atoms with E-state index in [-0.39, 0.29) is 16.9 Å². The first-order valence-corrected chi connectivity index (χ1v) is 9.34. The minimum atomic E-state index is -0.463. The molecule has 0 saturated carbocycles. The van der Waals surface area contributed by atoms with Crippen LogP contribution in [0.15, 0.2) is 48.8 Å². The minimum absolute atomic E-state index is 0.126. The Labute approximate surface area is 175 Å². The van der Waals surface area contributed by atoms with Gasteiger partial charge in [-0.1, -0.05) is 12.1 Å². The van der Waals surface area contributed by atoms with E-state index in [1.807, 2.05) is 16.7 Å². The van der Waals surface area contributed by atoms with Gasteiger partial charge in [0.05, 0.1) is 24.2 Å². The molecule has 2 aromatic heterocycles. The van der Waals surface area contributed by atoms with E-state index < -0.39 is 5.82 Å². The topological polar surface area (TPSA) is 111 Å². The molecule has 0 aliphatic heterocycles. The van der Waals surface area contributed by atoms with Crippen LogP contribution < -0.4 is 16.4 Å². The van der Waals surface area contributed by atoms with Gasteiger partial charge >= 0.3 is 0 Å². The molecule has 4 aromatic rings. The van der Waals surface area contributed by atoms with Crippen LogP contribution in [0.3, 0.4) is 0 Å². The van der Waals surface area contributed by atoms with Crippen molar-refractivity contribution in [3.8, 4) is 0 Å². The summed E-state index contributed by atoms with van der Waals surface area (Å²) in [7, 11) is 1.74. The maximum Gasteiger partial charge on any atom is 0.255 e. The van der Waals surface area contributed by atoms with E-state index in [0.717, 1.165) is 11.6 Å². The highest BCUT2D eigenvalue weighted by molar-refractivity contribution is 6.28. The van der Waals surface area contributed by atoms with Crippen LogP contribution >= 0.6 is 11.6 Å². The fourth-order valence-corrected chi connectivity index (χ4v) is 3.17. The van der Waals surface area contributed by atoms with Crippen LogP contribution in [0, 0.1) is 5.82 Å². The van der Waals surface area contributed by atoms with E-state index in [0.29, 0.717) is 34.8 Å². The zero-order valence-electron chi connectivity index (χ0n) is 15.9. The van der Waals surface area contributed by atoms with E-state index in [1.165, 1.54) is 12.1 Å². The van der Waals surface area contributed by atoms with E-state index in [2.05, 4.69) is 25.6 Å². The second-order valence-electron chi connectivity index (χ2n) is 6.52. The molecule has 10 heteroatoms. The molecular formula is C20H17ClFN7O. The highest BCUT2D eigenvalue weighted by Crippen LogP contribution is 2.22. The van der Waals surface area contributed by atoms with Crippen molar-refractivity contribution >= 4 is 45.9 Å². The van der Waals surface area contributed by atoms with Crippen LogP contribution in [-0.4, -0.2) is 32.5 Å². The lowest BCUT2D eigenvalue weighted by Crippen LogP contribution is -2.13. The van der Waals surface area contributed by atoms with Crippen molar-refractivity contribution in [2.45, 2.75) is 6.54 Å². The summed E-state index contributed by atoms with van der Waals surface area (Å²) in [6.45, 7) is 0.486. The normalized spacial score (nSPS) is 10.9. The number of nitrogens with zero attached hydrogens (tertiary/aromatic N) is 4. The molecule has 30 heavy (non-hydrogen) atoms. The Morgan fingerprint density at radius 3 is 2.67 bits per heavy atom. The number of carbonyl (C=O) groups is 1. The summed E-state index contributed by atoms with van der Waals surface area (Å²) < 4.78 is 15.0. The Balaban J connectivity index is 1.52. The third kappa shape index (κ3) is 3.87. The zero-order valence-corrected chi connectivity index (χ0v) is 16.6. The quantitative estimate of drug-likeness (QED) is 0.333. The fraction of sp³-hybridized carbons (Fsp3) is 0.100. The first-order valence-electron chi connectivity index (χ1n) is 8.96. The van der Waals surface area contributed by atoms with Gasteiger partial charge in [0.2, 0.25) is 5.28 Å². The van der Waals surface area contributed by atoms with Crippen molar-refractivity contribution in [2.24, 2.45) is 0 Å². The number of benzene rings is 2. The lowest BCUT2D eigenvalue weighted by molar-refractivity contribution is 0.102. The molecular weight excluding hydrogens is 409 g/mol. The van der Waals surface area contributed by atoms with Gasteiger partial charge in [0.1, 0.15) is 5.82 Å². The third-order valence-corrected chi connectivity index (χ3v) is 4.67. The van der Waals surface area contributed by atoms with E-state index >= 15 is 0 Å². The van der Waals surface area contributed by atoms with Crippen LogP contribution in [0.25, 0.3) is 11.2 Å². The fourth-order valence-electron chi connectivity index (χ4n) is 3.01. The second-order valence-corrected chi connectivity index (χ2v) is 6.86.